The fourth-order valence-corrected chi connectivity index (χ4v) is 3.57. The third-order valence-electron chi connectivity index (χ3n) is 4.93. The van der Waals surface area contributed by atoms with Crippen LogP contribution in [0.3, 0.4) is 0 Å². The number of hydrogen-bond acceptors (Lipinski definition) is 6. The van der Waals surface area contributed by atoms with Gasteiger partial charge in [0, 0.05) is 37.6 Å². The van der Waals surface area contributed by atoms with Gasteiger partial charge in [-0.1, -0.05) is 0 Å². The quantitative estimate of drug-likeness (QED) is 0.845. The standard InChI is InChI=1S/C19H18N4O3/c1-10-5-16-17(26-9-25-16)6-12(10)18-13(7-20)19(21)22-15-3-4-23(11(2)24)8-14(15)18/h5-6H,3-4,8-9H2,1-2H3,(H2,21,22). The second-order valence-electron chi connectivity index (χ2n) is 6.50. The van der Waals surface area contributed by atoms with Gasteiger partial charge < -0.3 is 20.1 Å². The minimum Gasteiger partial charge on any atom is -0.454 e. The maximum atomic E-state index is 11.9. The first kappa shape index (κ1) is 16.2. The molecule has 3 heterocycles. The van der Waals surface area contributed by atoms with E-state index in [-0.39, 0.29) is 18.5 Å². The van der Waals surface area contributed by atoms with Crippen molar-refractivity contribution >= 4 is 11.7 Å². The lowest BCUT2D eigenvalue weighted by atomic mass is 9.88. The maximum absolute atomic E-state index is 11.9. The first-order chi connectivity index (χ1) is 12.5. The van der Waals surface area contributed by atoms with Crippen LogP contribution in [0.4, 0.5) is 5.82 Å². The smallest absolute Gasteiger partial charge is 0.231 e. The molecule has 0 atom stereocenters. The van der Waals surface area contributed by atoms with E-state index < -0.39 is 0 Å². The zero-order chi connectivity index (χ0) is 18.4. The Kier molecular flexibility index (Phi) is 3.69. The van der Waals surface area contributed by atoms with Gasteiger partial charge in [0.1, 0.15) is 17.5 Å². The van der Waals surface area contributed by atoms with Crippen LogP contribution in [0.15, 0.2) is 12.1 Å². The number of rotatable bonds is 1. The molecule has 2 aromatic rings. The second kappa shape index (κ2) is 5.92. The van der Waals surface area contributed by atoms with Crippen LogP contribution in [0.25, 0.3) is 11.1 Å². The number of carbonyl (C=O) groups is 1. The SMILES string of the molecule is CC(=O)N1CCc2nc(N)c(C#N)c(-c3cc4c(cc3C)OCO4)c2C1. The minimum absolute atomic E-state index is 0.000610. The highest BCUT2D eigenvalue weighted by Crippen LogP contribution is 2.42. The Bertz CT molecular complexity index is 978. The van der Waals surface area contributed by atoms with Crippen LogP contribution in [-0.2, 0) is 17.8 Å². The molecule has 2 aliphatic rings. The number of ether oxygens (including phenoxy) is 2. The average molecular weight is 350 g/mol. The zero-order valence-corrected chi connectivity index (χ0v) is 14.6. The van der Waals surface area contributed by atoms with Gasteiger partial charge in [-0.05, 0) is 30.2 Å². The van der Waals surface area contributed by atoms with E-state index in [4.69, 9.17) is 15.2 Å². The molecule has 0 radical (unpaired) electrons. The Morgan fingerprint density at radius 2 is 2.08 bits per heavy atom. The summed E-state index contributed by atoms with van der Waals surface area (Å²) in [6.07, 6.45) is 0.613. The largest absolute Gasteiger partial charge is 0.454 e. The summed E-state index contributed by atoms with van der Waals surface area (Å²) >= 11 is 0. The molecule has 2 N–H and O–H groups in total. The predicted molar refractivity (Wildman–Crippen MR) is 94.5 cm³/mol. The summed E-state index contributed by atoms with van der Waals surface area (Å²) in [6.45, 7) is 4.69. The van der Waals surface area contributed by atoms with Crippen LogP contribution in [0.1, 0.15) is 29.3 Å². The molecule has 0 fully saturated rings. The van der Waals surface area contributed by atoms with Crippen molar-refractivity contribution in [1.82, 2.24) is 9.88 Å². The average Bonchev–Trinajstić information content (AvgIpc) is 3.06. The van der Waals surface area contributed by atoms with Crippen LogP contribution in [0.2, 0.25) is 0 Å². The molecule has 0 aliphatic carbocycles. The van der Waals surface area contributed by atoms with Gasteiger partial charge in [-0.2, -0.15) is 5.26 Å². The second-order valence-corrected chi connectivity index (χ2v) is 6.50. The van der Waals surface area contributed by atoms with Gasteiger partial charge in [0.2, 0.25) is 12.7 Å². The fourth-order valence-electron chi connectivity index (χ4n) is 3.57. The predicted octanol–water partition coefficient (Wildman–Crippen LogP) is 2.14. The summed E-state index contributed by atoms with van der Waals surface area (Å²) in [5, 5.41) is 9.72. The Morgan fingerprint density at radius 3 is 2.77 bits per heavy atom. The highest BCUT2D eigenvalue weighted by Gasteiger charge is 2.28. The lowest BCUT2D eigenvalue weighted by molar-refractivity contribution is -0.129. The van der Waals surface area contributed by atoms with Crippen molar-refractivity contribution < 1.29 is 14.3 Å². The lowest BCUT2D eigenvalue weighted by Gasteiger charge is -2.30. The molecule has 1 aromatic carbocycles. The van der Waals surface area contributed by atoms with Crippen molar-refractivity contribution in [3.05, 3.63) is 34.5 Å². The van der Waals surface area contributed by atoms with E-state index in [1.807, 2.05) is 19.1 Å². The molecule has 7 nitrogen and oxygen atoms in total. The lowest BCUT2D eigenvalue weighted by Crippen LogP contribution is -2.35. The molecule has 2 aliphatic heterocycles. The molecule has 7 heteroatoms. The van der Waals surface area contributed by atoms with Gasteiger partial charge in [0.05, 0.1) is 5.69 Å². The molecule has 0 saturated heterocycles. The van der Waals surface area contributed by atoms with Gasteiger partial charge in [0.15, 0.2) is 11.5 Å². The Hall–Kier alpha value is -3.27. The normalized spacial score (nSPS) is 14.7. The summed E-state index contributed by atoms with van der Waals surface area (Å²) < 4.78 is 10.9. The van der Waals surface area contributed by atoms with E-state index in [9.17, 15) is 10.1 Å². The number of fused-ring (bicyclic) bond motifs is 2. The van der Waals surface area contributed by atoms with Crippen molar-refractivity contribution in [2.24, 2.45) is 0 Å². The van der Waals surface area contributed by atoms with Gasteiger partial charge in [-0.15, -0.1) is 0 Å². The molecular formula is C19H18N4O3. The molecule has 0 spiro atoms. The Morgan fingerprint density at radius 1 is 1.35 bits per heavy atom. The summed E-state index contributed by atoms with van der Waals surface area (Å²) in [5.41, 5.74) is 10.6. The topological polar surface area (TPSA) is 101 Å². The Labute approximate surface area is 150 Å². The summed E-state index contributed by atoms with van der Waals surface area (Å²) in [6, 6.07) is 5.96. The first-order valence-corrected chi connectivity index (χ1v) is 8.37. The van der Waals surface area contributed by atoms with Gasteiger partial charge in [0.25, 0.3) is 0 Å². The van der Waals surface area contributed by atoms with Crippen LogP contribution >= 0.6 is 0 Å². The van der Waals surface area contributed by atoms with Crippen LogP contribution < -0.4 is 15.2 Å². The van der Waals surface area contributed by atoms with Gasteiger partial charge in [-0.25, -0.2) is 4.98 Å². The van der Waals surface area contributed by atoms with Gasteiger partial charge >= 0.3 is 0 Å². The van der Waals surface area contributed by atoms with E-state index in [0.29, 0.717) is 36.6 Å². The molecule has 1 amide bonds. The number of nitrogens with two attached hydrogens (primary N) is 1. The minimum atomic E-state index is -0.000610. The zero-order valence-electron chi connectivity index (χ0n) is 14.6. The van der Waals surface area contributed by atoms with E-state index >= 15 is 0 Å². The van der Waals surface area contributed by atoms with E-state index in [1.165, 1.54) is 0 Å². The molecule has 4 rings (SSSR count). The highest BCUT2D eigenvalue weighted by molar-refractivity contribution is 5.83. The van der Waals surface area contributed by atoms with Crippen LogP contribution in [0, 0.1) is 18.3 Å². The molecule has 0 unspecified atom stereocenters. The van der Waals surface area contributed by atoms with E-state index in [1.54, 1.807) is 11.8 Å². The molecule has 26 heavy (non-hydrogen) atoms. The molecule has 0 saturated carbocycles. The number of pyridine rings is 1. The van der Waals surface area contributed by atoms with E-state index in [0.717, 1.165) is 27.9 Å². The molecule has 132 valence electrons. The molecular weight excluding hydrogens is 332 g/mol. The summed E-state index contributed by atoms with van der Waals surface area (Å²) in [5.74, 6) is 1.54. The number of carbonyl (C=O) groups excluding carboxylic acids is 1. The number of anilines is 1. The number of aryl methyl sites for hydroxylation is 1. The van der Waals surface area contributed by atoms with Crippen molar-refractivity contribution in [2.75, 3.05) is 19.1 Å². The summed E-state index contributed by atoms with van der Waals surface area (Å²) in [4.78, 5) is 18.1. The molecule has 0 bridgehead atoms. The van der Waals surface area contributed by atoms with Crippen LogP contribution in [0.5, 0.6) is 11.5 Å². The van der Waals surface area contributed by atoms with E-state index in [2.05, 4.69) is 11.1 Å². The number of nitriles is 1. The highest BCUT2D eigenvalue weighted by atomic mass is 16.7. The number of nitrogen functional groups attached to an aromatic ring is 1. The third kappa shape index (κ3) is 2.42. The van der Waals surface area contributed by atoms with Crippen molar-refractivity contribution in [3.8, 4) is 28.7 Å². The van der Waals surface area contributed by atoms with Crippen molar-refractivity contribution in [2.45, 2.75) is 26.8 Å². The number of amides is 1. The number of nitrogens with zero attached hydrogens (tertiary/aromatic N) is 3. The molecule has 1 aromatic heterocycles. The van der Waals surface area contributed by atoms with Crippen LogP contribution in [-0.4, -0.2) is 29.1 Å². The number of benzene rings is 1. The van der Waals surface area contributed by atoms with Crippen molar-refractivity contribution in [1.29, 1.82) is 5.26 Å². The summed E-state index contributed by atoms with van der Waals surface area (Å²) in [7, 11) is 0. The number of aromatic nitrogens is 1. The monoisotopic (exact) mass is 350 g/mol. The fraction of sp³-hybridized carbons (Fsp3) is 0.316. The Balaban J connectivity index is 1.98. The number of hydrogen-bond donors (Lipinski definition) is 1. The maximum Gasteiger partial charge on any atom is 0.231 e. The third-order valence-corrected chi connectivity index (χ3v) is 4.93. The van der Waals surface area contributed by atoms with Crippen molar-refractivity contribution in [3.63, 3.8) is 0 Å². The first-order valence-electron chi connectivity index (χ1n) is 8.37. The van der Waals surface area contributed by atoms with Gasteiger partial charge in [-0.3, -0.25) is 4.79 Å².